The molecule has 1 unspecified atom stereocenters. The van der Waals surface area contributed by atoms with Gasteiger partial charge in [0.15, 0.2) is 0 Å². The fourth-order valence-corrected chi connectivity index (χ4v) is 3.45. The lowest BCUT2D eigenvalue weighted by molar-refractivity contribution is 0.406. The van der Waals surface area contributed by atoms with Gasteiger partial charge in [0.25, 0.3) is 0 Å². The van der Waals surface area contributed by atoms with Gasteiger partial charge in [0.2, 0.25) is 0 Å². The minimum Gasteiger partial charge on any atom is -0.496 e. The van der Waals surface area contributed by atoms with E-state index < -0.39 is 0 Å². The highest BCUT2D eigenvalue weighted by Crippen LogP contribution is 2.42. The molecule has 0 N–H and O–H groups in total. The van der Waals surface area contributed by atoms with Crippen LogP contribution in [0.15, 0.2) is 34.8 Å². The van der Waals surface area contributed by atoms with Crippen LogP contribution in [-0.4, -0.2) is 14.2 Å². The van der Waals surface area contributed by atoms with Gasteiger partial charge in [-0.1, -0.05) is 23.7 Å². The molecule has 1 atom stereocenters. The molecule has 0 amide bonds. The highest BCUT2D eigenvalue weighted by Gasteiger charge is 2.19. The summed E-state index contributed by atoms with van der Waals surface area (Å²) in [6.07, 6.45) is 0. The van der Waals surface area contributed by atoms with Gasteiger partial charge in [0, 0.05) is 10.6 Å². The van der Waals surface area contributed by atoms with E-state index in [2.05, 4.69) is 15.9 Å². The fraction of sp³-hybridized carbons (Fsp3) is 0.250. The molecule has 0 aromatic heterocycles. The van der Waals surface area contributed by atoms with Gasteiger partial charge in [-0.15, -0.1) is 11.6 Å². The quantitative estimate of drug-likeness (QED) is 0.619. The molecule has 0 saturated heterocycles. The largest absolute Gasteiger partial charge is 0.496 e. The van der Waals surface area contributed by atoms with Crippen molar-refractivity contribution in [2.75, 3.05) is 14.2 Å². The van der Waals surface area contributed by atoms with Crippen molar-refractivity contribution in [3.63, 3.8) is 0 Å². The van der Waals surface area contributed by atoms with Crippen molar-refractivity contribution in [2.24, 2.45) is 0 Å². The van der Waals surface area contributed by atoms with Gasteiger partial charge in [-0.05, 0) is 52.2 Å². The molecule has 0 bridgehead atoms. The number of hydrogen-bond acceptors (Lipinski definition) is 2. The van der Waals surface area contributed by atoms with Crippen molar-refractivity contribution in [3.8, 4) is 11.5 Å². The molecule has 0 radical (unpaired) electrons. The smallest absolute Gasteiger partial charge is 0.138 e. The number of rotatable bonds is 4. The Morgan fingerprint density at radius 1 is 1.10 bits per heavy atom. The van der Waals surface area contributed by atoms with E-state index in [0.717, 1.165) is 26.9 Å². The Hall–Kier alpha value is -0.900. The van der Waals surface area contributed by atoms with Gasteiger partial charge in [0.1, 0.15) is 11.5 Å². The van der Waals surface area contributed by atoms with E-state index in [1.165, 1.54) is 0 Å². The van der Waals surface area contributed by atoms with E-state index in [1.807, 2.05) is 31.2 Å². The average molecular weight is 390 g/mol. The van der Waals surface area contributed by atoms with Crippen molar-refractivity contribution in [1.82, 2.24) is 0 Å². The zero-order valence-corrected chi connectivity index (χ0v) is 15.0. The summed E-state index contributed by atoms with van der Waals surface area (Å²) >= 11 is 16.2. The maximum atomic E-state index is 6.63. The summed E-state index contributed by atoms with van der Waals surface area (Å²) in [5.41, 5.74) is 2.79. The molecular formula is C16H15BrCl2O2. The molecule has 2 nitrogen and oxygen atoms in total. The number of methoxy groups -OCH3 is 2. The van der Waals surface area contributed by atoms with Crippen LogP contribution in [0.1, 0.15) is 22.1 Å². The summed E-state index contributed by atoms with van der Waals surface area (Å²) < 4.78 is 11.6. The minimum atomic E-state index is -0.385. The standard InChI is InChI=1S/C16H15BrCl2O2/c1-9-4-5-10(6-14(9)20-2)15(19)12-7-11(18)8-13(17)16(12)21-3/h4-8,15H,1-3H3. The second-order valence-electron chi connectivity index (χ2n) is 4.60. The van der Waals surface area contributed by atoms with E-state index in [1.54, 1.807) is 20.3 Å². The van der Waals surface area contributed by atoms with Gasteiger partial charge in [-0.2, -0.15) is 0 Å². The minimum absolute atomic E-state index is 0.385. The van der Waals surface area contributed by atoms with E-state index >= 15 is 0 Å². The van der Waals surface area contributed by atoms with Crippen molar-refractivity contribution in [3.05, 3.63) is 56.5 Å². The van der Waals surface area contributed by atoms with Crippen LogP contribution in [0.25, 0.3) is 0 Å². The highest BCUT2D eigenvalue weighted by atomic mass is 79.9. The van der Waals surface area contributed by atoms with Crippen molar-refractivity contribution < 1.29 is 9.47 Å². The van der Waals surface area contributed by atoms with Crippen LogP contribution >= 0.6 is 39.1 Å². The van der Waals surface area contributed by atoms with Gasteiger partial charge in [-0.25, -0.2) is 0 Å². The van der Waals surface area contributed by atoms with Crippen LogP contribution in [0.2, 0.25) is 5.02 Å². The van der Waals surface area contributed by atoms with Crippen LogP contribution in [0.5, 0.6) is 11.5 Å². The van der Waals surface area contributed by atoms with E-state index in [4.69, 9.17) is 32.7 Å². The number of benzene rings is 2. The van der Waals surface area contributed by atoms with Gasteiger partial charge in [0.05, 0.1) is 24.1 Å². The van der Waals surface area contributed by atoms with Gasteiger partial charge < -0.3 is 9.47 Å². The molecule has 0 fully saturated rings. The zero-order valence-electron chi connectivity index (χ0n) is 11.9. The zero-order chi connectivity index (χ0) is 15.6. The predicted octanol–water partition coefficient (Wildman–Crippen LogP) is 5.76. The maximum Gasteiger partial charge on any atom is 0.138 e. The number of ether oxygens (including phenoxy) is 2. The highest BCUT2D eigenvalue weighted by molar-refractivity contribution is 9.10. The monoisotopic (exact) mass is 388 g/mol. The third kappa shape index (κ3) is 3.47. The molecule has 0 aliphatic rings. The van der Waals surface area contributed by atoms with Crippen molar-refractivity contribution in [1.29, 1.82) is 0 Å². The van der Waals surface area contributed by atoms with Crippen LogP contribution in [0.4, 0.5) is 0 Å². The number of hydrogen-bond donors (Lipinski definition) is 0. The Balaban J connectivity index is 2.51. The molecule has 0 saturated carbocycles. The molecular weight excluding hydrogens is 375 g/mol. The predicted molar refractivity (Wildman–Crippen MR) is 91.1 cm³/mol. The topological polar surface area (TPSA) is 18.5 Å². The second kappa shape index (κ2) is 6.91. The third-order valence-electron chi connectivity index (χ3n) is 3.24. The number of halogens is 3. The summed E-state index contributed by atoms with van der Waals surface area (Å²) in [5.74, 6) is 1.48. The molecule has 0 spiro atoms. The average Bonchev–Trinajstić information content (AvgIpc) is 2.46. The first kappa shape index (κ1) is 16.5. The Kier molecular flexibility index (Phi) is 5.42. The molecule has 21 heavy (non-hydrogen) atoms. The summed E-state index contributed by atoms with van der Waals surface area (Å²) in [7, 11) is 3.25. The molecule has 0 aliphatic carbocycles. The van der Waals surface area contributed by atoms with Crippen molar-refractivity contribution >= 4 is 39.1 Å². The lowest BCUT2D eigenvalue weighted by Gasteiger charge is -2.17. The van der Waals surface area contributed by atoms with E-state index in [0.29, 0.717) is 10.8 Å². The molecule has 2 aromatic carbocycles. The van der Waals surface area contributed by atoms with Crippen LogP contribution in [0, 0.1) is 6.92 Å². The summed E-state index contributed by atoms with van der Waals surface area (Å²) in [4.78, 5) is 0. The second-order valence-corrected chi connectivity index (χ2v) is 6.33. The lowest BCUT2D eigenvalue weighted by atomic mass is 10.0. The maximum absolute atomic E-state index is 6.63. The number of alkyl halides is 1. The Morgan fingerprint density at radius 2 is 1.81 bits per heavy atom. The SMILES string of the molecule is COc1cc(C(Cl)c2cc(Cl)cc(Br)c2OC)ccc1C. The van der Waals surface area contributed by atoms with Crippen LogP contribution in [0.3, 0.4) is 0 Å². The first-order valence-corrected chi connectivity index (χ1v) is 7.90. The molecule has 112 valence electrons. The fourth-order valence-electron chi connectivity index (χ4n) is 2.16. The van der Waals surface area contributed by atoms with Crippen LogP contribution in [-0.2, 0) is 0 Å². The van der Waals surface area contributed by atoms with E-state index in [9.17, 15) is 0 Å². The first-order chi connectivity index (χ1) is 9.97. The molecule has 2 aromatic rings. The lowest BCUT2D eigenvalue weighted by Crippen LogP contribution is -2.00. The molecule has 0 aliphatic heterocycles. The van der Waals surface area contributed by atoms with Gasteiger partial charge in [-0.3, -0.25) is 0 Å². The van der Waals surface area contributed by atoms with Gasteiger partial charge >= 0.3 is 0 Å². The molecule has 5 heteroatoms. The molecule has 0 heterocycles. The summed E-state index contributed by atoms with van der Waals surface area (Å²) in [5, 5.41) is 0.215. The first-order valence-electron chi connectivity index (χ1n) is 6.29. The Morgan fingerprint density at radius 3 is 2.43 bits per heavy atom. The number of aryl methyl sites for hydroxylation is 1. The normalized spacial score (nSPS) is 12.1. The van der Waals surface area contributed by atoms with Crippen LogP contribution < -0.4 is 9.47 Å². The van der Waals surface area contributed by atoms with Crippen molar-refractivity contribution in [2.45, 2.75) is 12.3 Å². The van der Waals surface area contributed by atoms with E-state index in [-0.39, 0.29) is 5.38 Å². The Labute approximate surface area is 143 Å². The molecule has 2 rings (SSSR count). The summed E-state index contributed by atoms with van der Waals surface area (Å²) in [6, 6.07) is 9.49. The Bertz CT molecular complexity index is 659. The summed E-state index contributed by atoms with van der Waals surface area (Å²) in [6.45, 7) is 1.99. The third-order valence-corrected chi connectivity index (χ3v) is 4.53.